The minimum atomic E-state index is -5.48. The van der Waals surface area contributed by atoms with E-state index in [0.29, 0.717) is 11.5 Å². The molecule has 1 heterocycles. The van der Waals surface area contributed by atoms with Gasteiger partial charge in [-0.2, -0.15) is 26.3 Å². The number of amides is 1. The lowest BCUT2D eigenvalue weighted by atomic mass is 9.89. The molecule has 39 heavy (non-hydrogen) atoms. The Kier molecular flexibility index (Phi) is 7.27. The zero-order chi connectivity index (χ0) is 28.6. The SMILES string of the molecule is CONC=CNC(=O)c1ccc(C2=CC(c3cc(F)c(F)c(C(F)(F)F)c3)(C(F)(F)F)ON2)c2ccccc12. The van der Waals surface area contributed by atoms with Crippen molar-refractivity contribution in [3.63, 3.8) is 0 Å². The first-order chi connectivity index (χ1) is 18.3. The molecule has 206 valence electrons. The molecule has 3 aromatic rings. The van der Waals surface area contributed by atoms with Crippen LogP contribution in [0, 0.1) is 11.6 Å². The van der Waals surface area contributed by atoms with Gasteiger partial charge in [0.25, 0.3) is 5.91 Å². The lowest BCUT2D eigenvalue weighted by molar-refractivity contribution is -0.269. The van der Waals surface area contributed by atoms with Crippen molar-refractivity contribution in [3.8, 4) is 0 Å². The smallest absolute Gasteiger partial charge is 0.327 e. The second kappa shape index (κ2) is 10.2. The predicted molar refractivity (Wildman–Crippen MR) is 122 cm³/mol. The molecule has 3 aromatic carbocycles. The monoisotopic (exact) mass is 559 g/mol. The van der Waals surface area contributed by atoms with Crippen molar-refractivity contribution in [1.29, 1.82) is 0 Å². The van der Waals surface area contributed by atoms with E-state index in [1.165, 1.54) is 43.8 Å². The molecule has 0 radical (unpaired) electrons. The first-order valence-corrected chi connectivity index (χ1v) is 10.9. The molecule has 0 fully saturated rings. The van der Waals surface area contributed by atoms with Crippen LogP contribution in [0.2, 0.25) is 0 Å². The highest BCUT2D eigenvalue weighted by molar-refractivity contribution is 6.10. The first-order valence-electron chi connectivity index (χ1n) is 10.9. The Morgan fingerprint density at radius 2 is 1.69 bits per heavy atom. The first kappa shape index (κ1) is 27.9. The number of fused-ring (bicyclic) bond motifs is 1. The molecule has 1 aliphatic heterocycles. The van der Waals surface area contributed by atoms with Crippen molar-refractivity contribution in [2.45, 2.75) is 18.0 Å². The fourth-order valence-corrected chi connectivity index (χ4v) is 4.01. The maximum atomic E-state index is 14.3. The average molecular weight is 559 g/mol. The van der Waals surface area contributed by atoms with Crippen LogP contribution in [0.1, 0.15) is 27.0 Å². The summed E-state index contributed by atoms with van der Waals surface area (Å²) in [4.78, 5) is 22.0. The van der Waals surface area contributed by atoms with Gasteiger partial charge in [0.1, 0.15) is 0 Å². The number of alkyl halides is 6. The van der Waals surface area contributed by atoms with E-state index in [0.717, 1.165) is 0 Å². The summed E-state index contributed by atoms with van der Waals surface area (Å²) < 4.78 is 111. The van der Waals surface area contributed by atoms with Gasteiger partial charge in [0.15, 0.2) is 11.6 Å². The summed E-state index contributed by atoms with van der Waals surface area (Å²) in [5, 5.41) is 3.08. The Morgan fingerprint density at radius 3 is 2.33 bits per heavy atom. The standard InChI is InChI=1S/C25H17F8N3O3/c1-38-35-9-8-34-22(37)17-7-6-16(14-4-2-3-5-15(14)17)20-12-23(39-36-20,25(31,32)33)13-10-18(24(28,29)30)21(27)19(26)11-13/h2-12,35-36H,1H3,(H,34,37). The van der Waals surface area contributed by atoms with Gasteiger partial charge in [-0.15, -0.1) is 0 Å². The van der Waals surface area contributed by atoms with Crippen molar-refractivity contribution in [2.24, 2.45) is 0 Å². The number of hydrogen-bond acceptors (Lipinski definition) is 5. The number of nitrogens with one attached hydrogen (secondary N) is 3. The summed E-state index contributed by atoms with van der Waals surface area (Å²) in [7, 11) is 1.35. The molecule has 1 amide bonds. The zero-order valence-electron chi connectivity index (χ0n) is 19.6. The maximum absolute atomic E-state index is 14.3. The molecular weight excluding hydrogens is 542 g/mol. The molecular formula is C25H17F8N3O3. The van der Waals surface area contributed by atoms with Gasteiger partial charge in [0.2, 0.25) is 5.60 Å². The third kappa shape index (κ3) is 5.12. The van der Waals surface area contributed by atoms with E-state index in [9.17, 15) is 39.9 Å². The highest BCUT2D eigenvalue weighted by Gasteiger charge is 2.60. The summed E-state index contributed by atoms with van der Waals surface area (Å²) >= 11 is 0. The average Bonchev–Trinajstić information content (AvgIpc) is 3.33. The Morgan fingerprint density at radius 1 is 1.00 bits per heavy atom. The minimum Gasteiger partial charge on any atom is -0.327 e. The van der Waals surface area contributed by atoms with Gasteiger partial charge in [-0.25, -0.2) is 8.78 Å². The Balaban J connectivity index is 1.84. The van der Waals surface area contributed by atoms with Crippen LogP contribution in [-0.2, 0) is 21.5 Å². The molecule has 3 N–H and O–H groups in total. The molecule has 0 saturated heterocycles. The van der Waals surface area contributed by atoms with Crippen molar-refractivity contribution in [1.82, 2.24) is 16.3 Å². The van der Waals surface area contributed by atoms with E-state index in [1.807, 2.05) is 0 Å². The van der Waals surface area contributed by atoms with Crippen LogP contribution in [0.5, 0.6) is 0 Å². The minimum absolute atomic E-state index is 0.00329. The molecule has 0 aliphatic carbocycles. The molecule has 0 saturated carbocycles. The molecule has 6 nitrogen and oxygen atoms in total. The van der Waals surface area contributed by atoms with E-state index in [4.69, 9.17) is 4.84 Å². The predicted octanol–water partition coefficient (Wildman–Crippen LogP) is 5.82. The fraction of sp³-hybridized carbons (Fsp3) is 0.160. The van der Waals surface area contributed by atoms with Gasteiger partial charge in [-0.3, -0.25) is 25.4 Å². The molecule has 1 atom stereocenters. The van der Waals surface area contributed by atoms with Crippen LogP contribution in [0.25, 0.3) is 16.5 Å². The molecule has 0 bridgehead atoms. The van der Waals surface area contributed by atoms with Gasteiger partial charge in [-0.05, 0) is 35.0 Å². The number of rotatable bonds is 6. The van der Waals surface area contributed by atoms with Crippen LogP contribution >= 0.6 is 0 Å². The summed E-state index contributed by atoms with van der Waals surface area (Å²) in [5.74, 6) is -5.04. The van der Waals surface area contributed by atoms with Crippen LogP contribution in [-0.4, -0.2) is 19.2 Å². The number of hydrogen-bond donors (Lipinski definition) is 3. The number of benzene rings is 3. The number of carbonyl (C=O) groups excluding carboxylic acids is 1. The van der Waals surface area contributed by atoms with Gasteiger partial charge >= 0.3 is 12.4 Å². The Bertz CT molecular complexity index is 1480. The van der Waals surface area contributed by atoms with E-state index < -0.39 is 46.6 Å². The van der Waals surface area contributed by atoms with Crippen molar-refractivity contribution < 1.29 is 49.6 Å². The number of carbonyl (C=O) groups is 1. The number of hydroxylamine groups is 2. The van der Waals surface area contributed by atoms with Gasteiger partial charge in [-0.1, -0.05) is 30.3 Å². The molecule has 0 spiro atoms. The van der Waals surface area contributed by atoms with E-state index in [2.05, 4.69) is 21.1 Å². The van der Waals surface area contributed by atoms with Gasteiger partial charge in [0.05, 0.1) is 18.4 Å². The third-order valence-corrected chi connectivity index (χ3v) is 5.80. The Hall–Kier alpha value is -4.17. The lowest BCUT2D eigenvalue weighted by Crippen LogP contribution is -2.43. The topological polar surface area (TPSA) is 71.6 Å². The quantitative estimate of drug-likeness (QED) is 0.262. The molecule has 4 rings (SSSR count). The summed E-state index contributed by atoms with van der Waals surface area (Å²) in [6.45, 7) is 0. The fourth-order valence-electron chi connectivity index (χ4n) is 4.01. The summed E-state index contributed by atoms with van der Waals surface area (Å²) in [6.07, 6.45) is -7.92. The van der Waals surface area contributed by atoms with E-state index >= 15 is 0 Å². The highest BCUT2D eigenvalue weighted by Crippen LogP contribution is 2.49. The number of halogens is 8. The second-order valence-corrected chi connectivity index (χ2v) is 8.15. The molecule has 0 aromatic heterocycles. The highest BCUT2D eigenvalue weighted by atomic mass is 19.4. The van der Waals surface area contributed by atoms with Crippen molar-refractivity contribution in [3.05, 3.63) is 101 Å². The third-order valence-electron chi connectivity index (χ3n) is 5.80. The van der Waals surface area contributed by atoms with Crippen LogP contribution in [0.3, 0.4) is 0 Å². The van der Waals surface area contributed by atoms with Crippen LogP contribution < -0.4 is 16.3 Å². The normalized spacial score (nSPS) is 17.8. The zero-order valence-corrected chi connectivity index (χ0v) is 19.6. The van der Waals surface area contributed by atoms with E-state index in [1.54, 1.807) is 12.1 Å². The van der Waals surface area contributed by atoms with Crippen molar-refractivity contribution >= 4 is 22.4 Å². The van der Waals surface area contributed by atoms with Gasteiger partial charge < -0.3 is 5.32 Å². The van der Waals surface area contributed by atoms with Crippen molar-refractivity contribution in [2.75, 3.05) is 7.11 Å². The molecule has 1 unspecified atom stereocenters. The summed E-state index contributed by atoms with van der Waals surface area (Å²) in [6, 6.07) is 8.63. The largest absolute Gasteiger partial charge is 0.428 e. The Labute approximate surface area is 214 Å². The maximum Gasteiger partial charge on any atom is 0.428 e. The lowest BCUT2D eigenvalue weighted by Gasteiger charge is -2.29. The molecule has 14 heteroatoms. The van der Waals surface area contributed by atoms with Crippen LogP contribution in [0.4, 0.5) is 35.1 Å². The van der Waals surface area contributed by atoms with E-state index in [-0.39, 0.29) is 34.3 Å². The van der Waals surface area contributed by atoms with Crippen LogP contribution in [0.15, 0.2) is 67.0 Å². The van der Waals surface area contributed by atoms with Gasteiger partial charge in [0, 0.05) is 29.1 Å². The molecule has 1 aliphatic rings. The summed E-state index contributed by atoms with van der Waals surface area (Å²) in [5.41, 5.74) is -2.83. The second-order valence-electron chi connectivity index (χ2n) is 8.15.